The molecule has 4 nitrogen and oxygen atoms in total. The molecule has 1 aromatic carbocycles. The molecule has 0 saturated carbocycles. The van der Waals surface area contributed by atoms with Crippen molar-refractivity contribution in [2.75, 3.05) is 13.1 Å². The molecule has 0 spiro atoms. The zero-order valence-electron chi connectivity index (χ0n) is 11.4. The van der Waals surface area contributed by atoms with Crippen LogP contribution < -0.4 is 10.0 Å². The summed E-state index contributed by atoms with van der Waals surface area (Å²) in [6.45, 7) is 2.88. The van der Waals surface area contributed by atoms with Crippen LogP contribution in [-0.2, 0) is 22.3 Å². The van der Waals surface area contributed by atoms with Crippen LogP contribution in [0.5, 0.6) is 0 Å². The summed E-state index contributed by atoms with van der Waals surface area (Å²) in [4.78, 5) is 0. The standard InChI is InChI=1S/C13H20F2N2O2S/c1-2-7-16-8-11-3-5-12(6-4-11)10-20(18,19)17-9-13(14)15/h3-6,13,16-17H,2,7-10H2,1H3. The SMILES string of the molecule is CCCNCc1ccc(CS(=O)(=O)NCC(F)F)cc1. The van der Waals surface area contributed by atoms with E-state index in [4.69, 9.17) is 0 Å². The van der Waals surface area contributed by atoms with Gasteiger partial charge in [0.2, 0.25) is 10.0 Å². The minimum atomic E-state index is -3.71. The maximum absolute atomic E-state index is 12.0. The molecule has 7 heteroatoms. The average molecular weight is 306 g/mol. The Kier molecular flexibility index (Phi) is 7.04. The van der Waals surface area contributed by atoms with Gasteiger partial charge in [-0.05, 0) is 24.1 Å². The van der Waals surface area contributed by atoms with Crippen molar-refractivity contribution in [1.29, 1.82) is 0 Å². The van der Waals surface area contributed by atoms with Crippen LogP contribution >= 0.6 is 0 Å². The summed E-state index contributed by atoms with van der Waals surface area (Å²) in [7, 11) is -3.71. The first kappa shape index (κ1) is 17.0. The number of benzene rings is 1. The molecule has 20 heavy (non-hydrogen) atoms. The molecule has 0 aliphatic heterocycles. The lowest BCUT2D eigenvalue weighted by molar-refractivity contribution is 0.153. The smallest absolute Gasteiger partial charge is 0.251 e. The molecular formula is C13H20F2N2O2S. The molecule has 2 N–H and O–H groups in total. The maximum Gasteiger partial charge on any atom is 0.251 e. The van der Waals surface area contributed by atoms with Gasteiger partial charge in [0.15, 0.2) is 0 Å². The summed E-state index contributed by atoms with van der Waals surface area (Å²) in [6.07, 6.45) is -1.64. The van der Waals surface area contributed by atoms with E-state index in [2.05, 4.69) is 12.2 Å². The van der Waals surface area contributed by atoms with E-state index < -0.39 is 23.0 Å². The van der Waals surface area contributed by atoms with Gasteiger partial charge in [-0.3, -0.25) is 0 Å². The lowest BCUT2D eigenvalue weighted by Gasteiger charge is -2.07. The van der Waals surface area contributed by atoms with Crippen molar-refractivity contribution < 1.29 is 17.2 Å². The van der Waals surface area contributed by atoms with E-state index in [-0.39, 0.29) is 5.75 Å². The highest BCUT2D eigenvalue weighted by Crippen LogP contribution is 2.08. The number of alkyl halides is 2. The summed E-state index contributed by atoms with van der Waals surface area (Å²) in [6, 6.07) is 7.07. The zero-order chi connectivity index (χ0) is 15.0. The van der Waals surface area contributed by atoms with Gasteiger partial charge in [-0.25, -0.2) is 21.9 Å². The van der Waals surface area contributed by atoms with Gasteiger partial charge in [-0.1, -0.05) is 31.2 Å². The molecule has 0 aliphatic rings. The Bertz CT molecular complexity index is 490. The fraction of sp³-hybridized carbons (Fsp3) is 0.538. The predicted molar refractivity (Wildman–Crippen MR) is 75.1 cm³/mol. The number of sulfonamides is 1. The second-order valence-corrected chi connectivity index (χ2v) is 6.30. The molecule has 1 aromatic rings. The first-order valence-electron chi connectivity index (χ1n) is 6.47. The van der Waals surface area contributed by atoms with E-state index in [0.29, 0.717) is 5.56 Å². The molecule has 0 aliphatic carbocycles. The highest BCUT2D eigenvalue weighted by Gasteiger charge is 2.13. The first-order chi connectivity index (χ1) is 9.43. The van der Waals surface area contributed by atoms with Crippen molar-refractivity contribution in [1.82, 2.24) is 10.0 Å². The fourth-order valence-electron chi connectivity index (χ4n) is 1.62. The third-order valence-corrected chi connectivity index (χ3v) is 3.91. The number of hydrogen-bond donors (Lipinski definition) is 2. The van der Waals surface area contributed by atoms with Gasteiger partial charge in [-0.15, -0.1) is 0 Å². The van der Waals surface area contributed by atoms with Gasteiger partial charge in [0.05, 0.1) is 12.3 Å². The van der Waals surface area contributed by atoms with Gasteiger partial charge in [0.25, 0.3) is 6.43 Å². The van der Waals surface area contributed by atoms with Gasteiger partial charge < -0.3 is 5.32 Å². The Morgan fingerprint density at radius 2 is 1.75 bits per heavy atom. The summed E-state index contributed by atoms with van der Waals surface area (Å²) < 4.78 is 48.9. The molecular weight excluding hydrogens is 286 g/mol. The molecule has 0 unspecified atom stereocenters. The normalized spacial score (nSPS) is 12.0. The van der Waals surface area contributed by atoms with E-state index in [1.54, 1.807) is 12.1 Å². The Morgan fingerprint density at radius 1 is 1.15 bits per heavy atom. The van der Waals surface area contributed by atoms with Crippen molar-refractivity contribution in [2.24, 2.45) is 0 Å². The number of hydrogen-bond acceptors (Lipinski definition) is 3. The van der Waals surface area contributed by atoms with Crippen LogP contribution in [0.4, 0.5) is 8.78 Å². The molecule has 0 saturated heterocycles. The molecule has 0 bridgehead atoms. The minimum Gasteiger partial charge on any atom is -0.313 e. The van der Waals surface area contributed by atoms with Gasteiger partial charge in [-0.2, -0.15) is 0 Å². The van der Waals surface area contributed by atoms with E-state index in [0.717, 1.165) is 25.1 Å². The zero-order valence-corrected chi connectivity index (χ0v) is 12.2. The van der Waals surface area contributed by atoms with E-state index >= 15 is 0 Å². The Morgan fingerprint density at radius 3 is 2.30 bits per heavy atom. The molecule has 114 valence electrons. The van der Waals surface area contributed by atoms with Crippen molar-refractivity contribution in [3.05, 3.63) is 35.4 Å². The van der Waals surface area contributed by atoms with Crippen molar-refractivity contribution in [3.63, 3.8) is 0 Å². The Labute approximate surface area is 118 Å². The topological polar surface area (TPSA) is 58.2 Å². The quantitative estimate of drug-likeness (QED) is 0.685. The Hall–Kier alpha value is -1.05. The van der Waals surface area contributed by atoms with E-state index in [1.165, 1.54) is 0 Å². The van der Waals surface area contributed by atoms with Crippen molar-refractivity contribution >= 4 is 10.0 Å². The third-order valence-electron chi connectivity index (χ3n) is 2.59. The second-order valence-electron chi connectivity index (χ2n) is 4.49. The van der Waals surface area contributed by atoms with Crippen LogP contribution in [0.15, 0.2) is 24.3 Å². The van der Waals surface area contributed by atoms with Gasteiger partial charge in [0, 0.05) is 6.54 Å². The second kappa shape index (κ2) is 8.28. The summed E-state index contributed by atoms with van der Waals surface area (Å²) in [5.74, 6) is -0.289. The van der Waals surface area contributed by atoms with E-state index in [1.807, 2.05) is 16.9 Å². The highest BCUT2D eigenvalue weighted by molar-refractivity contribution is 7.88. The predicted octanol–water partition coefficient (Wildman–Crippen LogP) is 1.87. The first-order valence-corrected chi connectivity index (χ1v) is 8.12. The van der Waals surface area contributed by atoms with Crippen LogP contribution in [-0.4, -0.2) is 27.9 Å². The molecule has 0 atom stereocenters. The molecule has 0 fully saturated rings. The Balaban J connectivity index is 2.52. The van der Waals surface area contributed by atoms with Gasteiger partial charge >= 0.3 is 0 Å². The van der Waals surface area contributed by atoms with Gasteiger partial charge in [0.1, 0.15) is 0 Å². The summed E-state index contributed by atoms with van der Waals surface area (Å²) in [5, 5.41) is 3.24. The molecule has 0 aromatic heterocycles. The lowest BCUT2D eigenvalue weighted by atomic mass is 10.1. The van der Waals surface area contributed by atoms with Crippen LogP contribution in [0.1, 0.15) is 24.5 Å². The summed E-state index contributed by atoms with van der Waals surface area (Å²) >= 11 is 0. The van der Waals surface area contributed by atoms with Crippen molar-refractivity contribution in [3.8, 4) is 0 Å². The molecule has 0 heterocycles. The van der Waals surface area contributed by atoms with Crippen molar-refractivity contribution in [2.45, 2.75) is 32.1 Å². The lowest BCUT2D eigenvalue weighted by Crippen LogP contribution is -2.29. The average Bonchev–Trinajstić information content (AvgIpc) is 2.39. The van der Waals surface area contributed by atoms with Crippen LogP contribution in [0, 0.1) is 0 Å². The third kappa shape index (κ3) is 6.93. The highest BCUT2D eigenvalue weighted by atomic mass is 32.2. The molecule has 0 amide bonds. The fourth-order valence-corrected chi connectivity index (χ4v) is 2.74. The maximum atomic E-state index is 12.0. The van der Waals surface area contributed by atoms with Crippen LogP contribution in [0.3, 0.4) is 0 Å². The van der Waals surface area contributed by atoms with Crippen LogP contribution in [0.2, 0.25) is 0 Å². The van der Waals surface area contributed by atoms with Crippen LogP contribution in [0.25, 0.3) is 0 Å². The van der Waals surface area contributed by atoms with E-state index in [9.17, 15) is 17.2 Å². The number of rotatable bonds is 9. The molecule has 0 radical (unpaired) electrons. The number of nitrogens with one attached hydrogen (secondary N) is 2. The minimum absolute atomic E-state index is 0.289. The largest absolute Gasteiger partial charge is 0.313 e. The summed E-state index contributed by atoms with van der Waals surface area (Å²) in [5.41, 5.74) is 1.63. The monoisotopic (exact) mass is 306 g/mol. The molecule has 1 rings (SSSR count). The number of halogens is 2.